The molecule has 0 saturated carbocycles. The van der Waals surface area contributed by atoms with Gasteiger partial charge in [-0.2, -0.15) is 0 Å². The van der Waals surface area contributed by atoms with Crippen LogP contribution in [0.3, 0.4) is 0 Å². The Hall–Kier alpha value is -1.07. The summed E-state index contributed by atoms with van der Waals surface area (Å²) in [5.41, 5.74) is 1.40. The number of aliphatic hydroxyl groups excluding tert-OH is 1. The molecule has 1 unspecified atom stereocenters. The molecule has 0 bridgehead atoms. The lowest BCUT2D eigenvalue weighted by Crippen LogP contribution is -2.26. The zero-order valence-corrected chi connectivity index (χ0v) is 14.0. The van der Waals surface area contributed by atoms with E-state index >= 15 is 0 Å². The van der Waals surface area contributed by atoms with Crippen LogP contribution in [-0.4, -0.2) is 23.3 Å². The molecule has 1 rings (SSSR count). The fraction of sp³-hybridized carbons (Fsp3) is 0.533. The molecule has 0 fully saturated rings. The van der Waals surface area contributed by atoms with Crippen molar-refractivity contribution in [2.75, 3.05) is 7.11 Å². The van der Waals surface area contributed by atoms with Crippen LogP contribution in [0.15, 0.2) is 10.5 Å². The molecule has 1 aromatic carbocycles. The minimum atomic E-state index is -1.01. The Morgan fingerprint density at radius 1 is 1.45 bits per heavy atom. The topological polar surface area (TPSA) is 66.8 Å². The Morgan fingerprint density at radius 2 is 2.00 bits per heavy atom. The monoisotopic (exact) mass is 344 g/mol. The molecule has 0 aliphatic rings. The summed E-state index contributed by atoms with van der Waals surface area (Å²) in [6, 6.07) is 1.92. The molecule has 1 atom stereocenters. The van der Waals surface area contributed by atoms with Gasteiger partial charge in [-0.25, -0.2) is 0 Å². The highest BCUT2D eigenvalue weighted by atomic mass is 79.9. The summed E-state index contributed by atoms with van der Waals surface area (Å²) in [6.07, 6.45) is -0.776. The molecule has 4 nitrogen and oxygen atoms in total. The Morgan fingerprint density at radius 3 is 2.45 bits per heavy atom. The number of methoxy groups -OCH3 is 1. The average Bonchev–Trinajstić information content (AvgIpc) is 2.32. The zero-order chi connectivity index (χ0) is 15.7. The summed E-state index contributed by atoms with van der Waals surface area (Å²) in [7, 11) is 1.55. The molecule has 0 amide bonds. The van der Waals surface area contributed by atoms with Gasteiger partial charge >= 0.3 is 5.97 Å². The normalized spacial score (nSPS) is 13.2. The first-order valence-corrected chi connectivity index (χ1v) is 7.16. The number of halogens is 1. The van der Waals surface area contributed by atoms with Crippen molar-refractivity contribution in [3.8, 4) is 5.75 Å². The second-order valence-electron chi connectivity index (χ2n) is 5.66. The molecule has 0 aliphatic carbocycles. The first-order chi connectivity index (χ1) is 9.11. The van der Waals surface area contributed by atoms with Gasteiger partial charge in [-0.1, -0.05) is 15.9 Å². The maximum absolute atomic E-state index is 11.2. The van der Waals surface area contributed by atoms with Crippen LogP contribution < -0.4 is 4.74 Å². The zero-order valence-electron chi connectivity index (χ0n) is 12.5. The second kappa shape index (κ2) is 6.14. The first-order valence-electron chi connectivity index (χ1n) is 6.37. The minimum Gasteiger partial charge on any atom is -0.496 e. The number of carbonyl (C=O) groups is 1. The van der Waals surface area contributed by atoms with E-state index in [-0.39, 0.29) is 6.42 Å². The molecule has 0 aliphatic heterocycles. The number of hydrogen-bond donors (Lipinski definition) is 2. The van der Waals surface area contributed by atoms with Crippen molar-refractivity contribution < 1.29 is 19.7 Å². The van der Waals surface area contributed by atoms with Gasteiger partial charge in [0.2, 0.25) is 0 Å². The molecule has 0 heterocycles. The predicted molar refractivity (Wildman–Crippen MR) is 81.2 cm³/mol. The lowest BCUT2D eigenvalue weighted by atomic mass is 9.83. The SMILES string of the molecule is COc1c(C)cc(Br)c(C)c1C(O)CC(C)(C)C(=O)O. The molecule has 20 heavy (non-hydrogen) atoms. The molecular weight excluding hydrogens is 324 g/mol. The number of aliphatic hydroxyl groups is 1. The van der Waals surface area contributed by atoms with Crippen LogP contribution in [0, 0.1) is 19.3 Å². The third-order valence-electron chi connectivity index (χ3n) is 3.53. The van der Waals surface area contributed by atoms with E-state index in [0.717, 1.165) is 15.6 Å². The molecule has 0 spiro atoms. The molecule has 2 N–H and O–H groups in total. The lowest BCUT2D eigenvalue weighted by Gasteiger charge is -2.26. The summed E-state index contributed by atoms with van der Waals surface area (Å²) >= 11 is 3.45. The Kier molecular flexibility index (Phi) is 5.21. The number of aliphatic carboxylic acids is 1. The van der Waals surface area contributed by atoms with Crippen molar-refractivity contribution in [3.05, 3.63) is 27.2 Å². The van der Waals surface area contributed by atoms with Crippen molar-refractivity contribution in [2.45, 2.75) is 40.2 Å². The maximum atomic E-state index is 11.2. The Labute approximate surface area is 127 Å². The summed E-state index contributed by atoms with van der Waals surface area (Å²) in [5, 5.41) is 19.7. The minimum absolute atomic E-state index is 0.120. The smallest absolute Gasteiger partial charge is 0.309 e. The van der Waals surface area contributed by atoms with E-state index in [9.17, 15) is 15.0 Å². The highest BCUT2D eigenvalue weighted by Gasteiger charge is 2.32. The van der Waals surface area contributed by atoms with Crippen LogP contribution in [-0.2, 0) is 4.79 Å². The van der Waals surface area contributed by atoms with Gasteiger partial charge in [0.15, 0.2) is 0 Å². The summed E-state index contributed by atoms with van der Waals surface area (Å²) in [4.78, 5) is 11.2. The van der Waals surface area contributed by atoms with Crippen LogP contribution in [0.25, 0.3) is 0 Å². The molecule has 0 aromatic heterocycles. The second-order valence-corrected chi connectivity index (χ2v) is 6.51. The molecule has 112 valence electrons. The van der Waals surface area contributed by atoms with Gasteiger partial charge in [-0.05, 0) is 51.3 Å². The van der Waals surface area contributed by atoms with Gasteiger partial charge < -0.3 is 14.9 Å². The number of rotatable bonds is 5. The van der Waals surface area contributed by atoms with Gasteiger partial charge in [-0.3, -0.25) is 4.79 Å². The highest BCUT2D eigenvalue weighted by molar-refractivity contribution is 9.10. The van der Waals surface area contributed by atoms with E-state index in [1.54, 1.807) is 21.0 Å². The number of benzene rings is 1. The van der Waals surface area contributed by atoms with Gasteiger partial charge in [0, 0.05) is 10.0 Å². The van der Waals surface area contributed by atoms with E-state index in [0.29, 0.717) is 11.3 Å². The molecule has 0 radical (unpaired) electrons. The van der Waals surface area contributed by atoms with Crippen LogP contribution in [0.1, 0.15) is 43.1 Å². The fourth-order valence-corrected chi connectivity index (χ4v) is 2.78. The van der Waals surface area contributed by atoms with Crippen molar-refractivity contribution >= 4 is 21.9 Å². The standard InChI is InChI=1S/C15H21BrO4/c1-8-6-10(16)9(2)12(13(8)20-5)11(17)7-15(3,4)14(18)19/h6,11,17H,7H2,1-5H3,(H,18,19). The number of carboxylic acid groups (broad SMARTS) is 1. The van der Waals surface area contributed by atoms with Crippen molar-refractivity contribution in [2.24, 2.45) is 5.41 Å². The Balaban J connectivity index is 3.28. The predicted octanol–water partition coefficient (Wildman–Crippen LogP) is 3.61. The number of hydrogen-bond acceptors (Lipinski definition) is 3. The van der Waals surface area contributed by atoms with Crippen molar-refractivity contribution in [1.82, 2.24) is 0 Å². The third-order valence-corrected chi connectivity index (χ3v) is 4.35. The number of aryl methyl sites for hydroxylation is 1. The third kappa shape index (κ3) is 3.33. The number of carboxylic acids is 1. The van der Waals surface area contributed by atoms with E-state index in [1.807, 2.05) is 19.9 Å². The van der Waals surface area contributed by atoms with Crippen molar-refractivity contribution in [1.29, 1.82) is 0 Å². The summed E-state index contributed by atoms with van der Waals surface area (Å²) in [6.45, 7) is 6.97. The van der Waals surface area contributed by atoms with Crippen LogP contribution in [0.4, 0.5) is 0 Å². The fourth-order valence-electron chi connectivity index (χ4n) is 2.22. The maximum Gasteiger partial charge on any atom is 0.309 e. The van der Waals surface area contributed by atoms with Gasteiger partial charge in [0.25, 0.3) is 0 Å². The van der Waals surface area contributed by atoms with E-state index in [4.69, 9.17) is 4.74 Å². The number of ether oxygens (including phenoxy) is 1. The van der Waals surface area contributed by atoms with Crippen LogP contribution in [0.2, 0.25) is 0 Å². The molecule has 5 heteroatoms. The van der Waals surface area contributed by atoms with Gasteiger partial charge in [0.1, 0.15) is 5.75 Å². The van der Waals surface area contributed by atoms with E-state index in [1.165, 1.54) is 0 Å². The highest BCUT2D eigenvalue weighted by Crippen LogP contribution is 2.40. The molecule has 0 saturated heterocycles. The van der Waals surface area contributed by atoms with Gasteiger partial charge in [-0.15, -0.1) is 0 Å². The largest absolute Gasteiger partial charge is 0.496 e. The Bertz CT molecular complexity index is 523. The lowest BCUT2D eigenvalue weighted by molar-refractivity contribution is -0.148. The van der Waals surface area contributed by atoms with E-state index < -0.39 is 17.5 Å². The van der Waals surface area contributed by atoms with Crippen LogP contribution >= 0.6 is 15.9 Å². The quantitative estimate of drug-likeness (QED) is 0.856. The van der Waals surface area contributed by atoms with E-state index in [2.05, 4.69) is 15.9 Å². The molecular formula is C15H21BrO4. The molecule has 1 aromatic rings. The summed E-state index contributed by atoms with van der Waals surface area (Å²) < 4.78 is 6.25. The summed E-state index contributed by atoms with van der Waals surface area (Å²) in [5.74, 6) is -0.320. The first kappa shape index (κ1) is 17.0. The van der Waals surface area contributed by atoms with Crippen molar-refractivity contribution in [3.63, 3.8) is 0 Å². The van der Waals surface area contributed by atoms with Crippen LogP contribution in [0.5, 0.6) is 5.75 Å². The average molecular weight is 345 g/mol. The van der Waals surface area contributed by atoms with Gasteiger partial charge in [0.05, 0.1) is 18.6 Å².